The highest BCUT2D eigenvalue weighted by atomic mass is 19.1. The van der Waals surface area contributed by atoms with E-state index >= 15 is 0 Å². The standard InChI is InChI=1S/C10H11FN2O3/c1-2-16-10-7(11)4-3-5-8(10)13-9(14)6-12-15/h3-6,15H,2H2,1H3,(H,13,14)/b12-6+. The van der Waals surface area contributed by atoms with Crippen molar-refractivity contribution in [3.63, 3.8) is 0 Å². The summed E-state index contributed by atoms with van der Waals surface area (Å²) in [6.45, 7) is 1.98. The number of hydrogen-bond donors (Lipinski definition) is 2. The first-order chi connectivity index (χ1) is 7.69. The highest BCUT2D eigenvalue weighted by Gasteiger charge is 2.10. The van der Waals surface area contributed by atoms with Gasteiger partial charge in [-0.3, -0.25) is 4.79 Å². The zero-order valence-electron chi connectivity index (χ0n) is 8.61. The quantitative estimate of drug-likeness (QED) is 0.465. The van der Waals surface area contributed by atoms with E-state index in [1.54, 1.807) is 6.92 Å². The molecule has 0 aliphatic rings. The predicted molar refractivity (Wildman–Crippen MR) is 56.5 cm³/mol. The van der Waals surface area contributed by atoms with Gasteiger partial charge in [0, 0.05) is 0 Å². The molecule has 86 valence electrons. The molecule has 1 amide bonds. The fraction of sp³-hybridized carbons (Fsp3) is 0.200. The van der Waals surface area contributed by atoms with Crippen molar-refractivity contribution >= 4 is 17.8 Å². The number of oxime groups is 1. The Morgan fingerprint density at radius 1 is 1.69 bits per heavy atom. The van der Waals surface area contributed by atoms with Gasteiger partial charge in [-0.2, -0.15) is 0 Å². The Balaban J connectivity index is 2.94. The number of amides is 1. The third-order valence-corrected chi connectivity index (χ3v) is 1.69. The lowest BCUT2D eigenvalue weighted by molar-refractivity contribution is -0.110. The molecule has 1 rings (SSSR count). The summed E-state index contributed by atoms with van der Waals surface area (Å²) in [6, 6.07) is 4.14. The minimum atomic E-state index is -0.672. The van der Waals surface area contributed by atoms with Crippen LogP contribution in [-0.2, 0) is 4.79 Å². The number of carbonyl (C=O) groups is 1. The van der Waals surface area contributed by atoms with Crippen molar-refractivity contribution in [2.24, 2.45) is 5.16 Å². The number of carbonyl (C=O) groups excluding carboxylic acids is 1. The lowest BCUT2D eigenvalue weighted by Gasteiger charge is -2.10. The van der Waals surface area contributed by atoms with Gasteiger partial charge in [0.2, 0.25) is 0 Å². The van der Waals surface area contributed by atoms with E-state index in [9.17, 15) is 9.18 Å². The predicted octanol–water partition coefficient (Wildman–Crippen LogP) is 1.62. The van der Waals surface area contributed by atoms with Gasteiger partial charge in [0.1, 0.15) is 6.21 Å². The Bertz CT molecular complexity index is 407. The third kappa shape index (κ3) is 2.94. The maximum atomic E-state index is 13.3. The molecule has 2 N–H and O–H groups in total. The van der Waals surface area contributed by atoms with E-state index in [-0.39, 0.29) is 18.0 Å². The molecule has 0 saturated heterocycles. The Hall–Kier alpha value is -2.11. The van der Waals surface area contributed by atoms with E-state index in [1.165, 1.54) is 18.2 Å². The molecule has 0 atom stereocenters. The lowest BCUT2D eigenvalue weighted by atomic mass is 10.2. The zero-order valence-corrected chi connectivity index (χ0v) is 8.61. The first-order valence-electron chi connectivity index (χ1n) is 4.58. The highest BCUT2D eigenvalue weighted by molar-refractivity contribution is 6.31. The van der Waals surface area contributed by atoms with Gasteiger partial charge in [0.05, 0.1) is 12.3 Å². The summed E-state index contributed by atoms with van der Waals surface area (Å²) in [7, 11) is 0. The number of halogens is 1. The summed E-state index contributed by atoms with van der Waals surface area (Å²) in [5, 5.41) is 13.0. The van der Waals surface area contributed by atoms with E-state index in [1.807, 2.05) is 0 Å². The molecule has 6 heteroatoms. The van der Waals surface area contributed by atoms with Gasteiger partial charge in [-0.25, -0.2) is 4.39 Å². The first-order valence-corrected chi connectivity index (χ1v) is 4.58. The molecule has 1 aromatic rings. The molecule has 0 aromatic heterocycles. The Morgan fingerprint density at radius 2 is 2.44 bits per heavy atom. The number of hydrogen-bond acceptors (Lipinski definition) is 4. The van der Waals surface area contributed by atoms with Crippen LogP contribution in [-0.4, -0.2) is 23.9 Å². The summed E-state index contributed by atoms with van der Waals surface area (Å²) in [5.41, 5.74) is 0.187. The Morgan fingerprint density at radius 3 is 3.06 bits per heavy atom. The number of nitrogens with one attached hydrogen (secondary N) is 1. The van der Waals surface area contributed by atoms with Gasteiger partial charge in [0.25, 0.3) is 5.91 Å². The van der Waals surface area contributed by atoms with Crippen molar-refractivity contribution in [1.29, 1.82) is 0 Å². The molecule has 16 heavy (non-hydrogen) atoms. The molecule has 1 aromatic carbocycles. The number of rotatable bonds is 4. The number of benzene rings is 1. The number of anilines is 1. The van der Waals surface area contributed by atoms with Gasteiger partial charge >= 0.3 is 0 Å². The SMILES string of the molecule is CCOc1c(F)cccc1NC(=O)/C=N/O. The molecule has 0 heterocycles. The minimum absolute atomic E-state index is 0.0373. The van der Waals surface area contributed by atoms with E-state index in [0.29, 0.717) is 6.21 Å². The van der Waals surface area contributed by atoms with Crippen molar-refractivity contribution in [2.75, 3.05) is 11.9 Å². The van der Waals surface area contributed by atoms with Crippen LogP contribution < -0.4 is 10.1 Å². The zero-order chi connectivity index (χ0) is 12.0. The summed E-state index contributed by atoms with van der Waals surface area (Å²) in [6.07, 6.45) is 0.667. The van der Waals surface area contributed by atoms with Crippen LogP contribution in [0.3, 0.4) is 0 Å². The smallest absolute Gasteiger partial charge is 0.270 e. The van der Waals surface area contributed by atoms with Crippen LogP contribution in [0.1, 0.15) is 6.92 Å². The number of para-hydroxylation sites is 1. The van der Waals surface area contributed by atoms with E-state index in [4.69, 9.17) is 9.94 Å². The van der Waals surface area contributed by atoms with E-state index < -0.39 is 11.7 Å². The maximum Gasteiger partial charge on any atom is 0.270 e. The Labute approximate surface area is 91.5 Å². The second-order valence-corrected chi connectivity index (χ2v) is 2.78. The summed E-state index contributed by atoms with van der Waals surface area (Å²) in [4.78, 5) is 11.1. The van der Waals surface area contributed by atoms with Crippen LogP contribution in [0.4, 0.5) is 10.1 Å². The van der Waals surface area contributed by atoms with Crippen LogP contribution >= 0.6 is 0 Å². The number of nitrogens with zero attached hydrogens (tertiary/aromatic N) is 1. The normalized spacial score (nSPS) is 10.4. The van der Waals surface area contributed by atoms with Crippen molar-refractivity contribution in [3.8, 4) is 5.75 Å². The molecule has 0 aliphatic heterocycles. The van der Waals surface area contributed by atoms with Gasteiger partial charge in [-0.05, 0) is 19.1 Å². The molecular formula is C10H11FN2O3. The van der Waals surface area contributed by atoms with Crippen molar-refractivity contribution in [2.45, 2.75) is 6.92 Å². The van der Waals surface area contributed by atoms with Gasteiger partial charge < -0.3 is 15.3 Å². The monoisotopic (exact) mass is 226 g/mol. The summed E-state index contributed by atoms with van der Waals surface area (Å²) < 4.78 is 18.4. The molecule has 0 radical (unpaired) electrons. The fourth-order valence-corrected chi connectivity index (χ4v) is 1.12. The van der Waals surface area contributed by atoms with Crippen LogP contribution in [0.2, 0.25) is 0 Å². The molecular weight excluding hydrogens is 215 g/mol. The van der Waals surface area contributed by atoms with E-state index in [2.05, 4.69) is 10.5 Å². The third-order valence-electron chi connectivity index (χ3n) is 1.69. The Kier molecular flexibility index (Phi) is 4.26. The second-order valence-electron chi connectivity index (χ2n) is 2.78. The fourth-order valence-electron chi connectivity index (χ4n) is 1.12. The van der Waals surface area contributed by atoms with Crippen LogP contribution in [0, 0.1) is 5.82 Å². The molecule has 0 saturated carbocycles. The molecule has 0 spiro atoms. The summed E-state index contributed by atoms with van der Waals surface area (Å²) in [5.74, 6) is -1.28. The van der Waals surface area contributed by atoms with Gasteiger partial charge in [0.15, 0.2) is 11.6 Å². The molecule has 0 fully saturated rings. The molecule has 0 bridgehead atoms. The average Bonchev–Trinajstić information content (AvgIpc) is 2.23. The molecule has 0 unspecified atom stereocenters. The lowest BCUT2D eigenvalue weighted by Crippen LogP contribution is -2.14. The topological polar surface area (TPSA) is 70.9 Å². The van der Waals surface area contributed by atoms with Crippen molar-refractivity contribution < 1.29 is 19.1 Å². The van der Waals surface area contributed by atoms with Crippen molar-refractivity contribution in [1.82, 2.24) is 0 Å². The van der Waals surface area contributed by atoms with Crippen LogP contribution in [0.5, 0.6) is 5.75 Å². The summed E-state index contributed by atoms with van der Waals surface area (Å²) >= 11 is 0. The minimum Gasteiger partial charge on any atom is -0.489 e. The van der Waals surface area contributed by atoms with E-state index in [0.717, 1.165) is 0 Å². The van der Waals surface area contributed by atoms with Crippen LogP contribution in [0.25, 0.3) is 0 Å². The maximum absolute atomic E-state index is 13.3. The second kappa shape index (κ2) is 5.69. The average molecular weight is 226 g/mol. The van der Waals surface area contributed by atoms with Gasteiger partial charge in [-0.15, -0.1) is 0 Å². The van der Waals surface area contributed by atoms with Crippen LogP contribution in [0.15, 0.2) is 23.4 Å². The molecule has 0 aliphatic carbocycles. The first kappa shape index (κ1) is 12.0. The molecule has 5 nitrogen and oxygen atoms in total. The van der Waals surface area contributed by atoms with Gasteiger partial charge in [-0.1, -0.05) is 11.2 Å². The number of ether oxygens (including phenoxy) is 1. The highest BCUT2D eigenvalue weighted by Crippen LogP contribution is 2.27. The van der Waals surface area contributed by atoms with Crippen molar-refractivity contribution in [3.05, 3.63) is 24.0 Å². The largest absolute Gasteiger partial charge is 0.489 e.